The van der Waals surface area contributed by atoms with Crippen LogP contribution in [-0.4, -0.2) is 38.5 Å². The Balaban J connectivity index is 1.93. The fourth-order valence-electron chi connectivity index (χ4n) is 2.25. The Morgan fingerprint density at radius 1 is 1.17 bits per heavy atom. The van der Waals surface area contributed by atoms with Crippen LogP contribution in [-0.2, 0) is 14.2 Å². The Morgan fingerprint density at radius 2 is 1.78 bits per heavy atom. The Labute approximate surface area is 111 Å². The minimum absolute atomic E-state index is 0.101. The first-order chi connectivity index (χ1) is 8.72. The molecule has 5 heteroatoms. The molecule has 18 heavy (non-hydrogen) atoms. The molecule has 0 bridgehead atoms. The first kappa shape index (κ1) is 13.5. The highest BCUT2D eigenvalue weighted by molar-refractivity contribution is 7.08. The molecule has 1 aromatic rings. The molecule has 100 valence electrons. The molecule has 1 aromatic heterocycles. The summed E-state index contributed by atoms with van der Waals surface area (Å²) in [5, 5.41) is 3.67. The topological polar surface area (TPSA) is 44.8 Å². The van der Waals surface area contributed by atoms with Gasteiger partial charge < -0.3 is 14.2 Å². The maximum absolute atomic E-state index is 11.9. The van der Waals surface area contributed by atoms with Crippen molar-refractivity contribution in [2.75, 3.05) is 14.2 Å². The van der Waals surface area contributed by atoms with E-state index < -0.39 is 0 Å². The van der Waals surface area contributed by atoms with Crippen molar-refractivity contribution in [1.29, 1.82) is 0 Å². The van der Waals surface area contributed by atoms with Crippen molar-refractivity contribution in [3.63, 3.8) is 0 Å². The number of carbonyl (C=O) groups is 1. The minimum Gasteiger partial charge on any atom is -0.459 e. The normalized spacial score (nSPS) is 28.0. The molecule has 2 atom stereocenters. The van der Waals surface area contributed by atoms with Crippen molar-refractivity contribution >= 4 is 17.3 Å². The SMILES string of the molecule is CO[C@@H]1CC(OC(=O)c2ccsc2)C[C@@H](OC)C1. The van der Waals surface area contributed by atoms with E-state index in [0.717, 1.165) is 19.3 Å². The largest absolute Gasteiger partial charge is 0.459 e. The van der Waals surface area contributed by atoms with E-state index in [2.05, 4.69) is 0 Å². The number of hydrogen-bond acceptors (Lipinski definition) is 5. The van der Waals surface area contributed by atoms with Gasteiger partial charge in [0.15, 0.2) is 0 Å². The summed E-state index contributed by atoms with van der Waals surface area (Å²) in [6.45, 7) is 0. The monoisotopic (exact) mass is 270 g/mol. The number of methoxy groups -OCH3 is 2. The molecule has 2 rings (SSSR count). The summed E-state index contributed by atoms with van der Waals surface area (Å²) in [5.41, 5.74) is 0.619. The van der Waals surface area contributed by atoms with Crippen LogP contribution in [0.4, 0.5) is 0 Å². The molecule has 1 heterocycles. The summed E-state index contributed by atoms with van der Waals surface area (Å²) >= 11 is 1.49. The highest BCUT2D eigenvalue weighted by atomic mass is 32.1. The second kappa shape index (κ2) is 6.31. The summed E-state index contributed by atoms with van der Waals surface area (Å²) in [7, 11) is 3.36. The molecule has 1 saturated carbocycles. The van der Waals surface area contributed by atoms with Gasteiger partial charge >= 0.3 is 5.97 Å². The van der Waals surface area contributed by atoms with E-state index in [9.17, 15) is 4.79 Å². The molecule has 0 N–H and O–H groups in total. The number of thiophene rings is 1. The van der Waals surface area contributed by atoms with Gasteiger partial charge in [0, 0.05) is 38.9 Å². The lowest BCUT2D eigenvalue weighted by atomic mass is 9.92. The Kier molecular flexibility index (Phi) is 4.74. The number of hydrogen-bond donors (Lipinski definition) is 0. The fourth-order valence-corrected chi connectivity index (χ4v) is 2.87. The number of rotatable bonds is 4. The summed E-state index contributed by atoms with van der Waals surface area (Å²) < 4.78 is 16.2. The highest BCUT2D eigenvalue weighted by Crippen LogP contribution is 2.26. The average molecular weight is 270 g/mol. The van der Waals surface area contributed by atoms with Crippen molar-refractivity contribution in [2.45, 2.75) is 37.6 Å². The second-order valence-corrected chi connectivity index (χ2v) is 5.24. The van der Waals surface area contributed by atoms with Crippen molar-refractivity contribution in [3.8, 4) is 0 Å². The van der Waals surface area contributed by atoms with Gasteiger partial charge in [0.25, 0.3) is 0 Å². The minimum atomic E-state index is -0.257. The van der Waals surface area contributed by atoms with Crippen LogP contribution in [0.5, 0.6) is 0 Å². The van der Waals surface area contributed by atoms with Crippen molar-refractivity contribution in [3.05, 3.63) is 22.4 Å². The zero-order chi connectivity index (χ0) is 13.0. The van der Waals surface area contributed by atoms with Crippen molar-refractivity contribution in [1.82, 2.24) is 0 Å². The van der Waals surface area contributed by atoms with E-state index in [-0.39, 0.29) is 24.3 Å². The van der Waals surface area contributed by atoms with Gasteiger partial charge in [-0.05, 0) is 11.4 Å². The van der Waals surface area contributed by atoms with Gasteiger partial charge in [0.1, 0.15) is 6.10 Å². The van der Waals surface area contributed by atoms with E-state index in [0.29, 0.717) is 5.56 Å². The predicted octanol–water partition coefficient (Wildman–Crippen LogP) is 2.49. The molecule has 0 aliphatic heterocycles. The first-order valence-electron chi connectivity index (χ1n) is 6.01. The molecule has 0 radical (unpaired) electrons. The van der Waals surface area contributed by atoms with Gasteiger partial charge in [-0.3, -0.25) is 0 Å². The summed E-state index contributed by atoms with van der Waals surface area (Å²) in [5.74, 6) is -0.257. The predicted molar refractivity (Wildman–Crippen MR) is 69.0 cm³/mol. The molecular weight excluding hydrogens is 252 g/mol. The maximum atomic E-state index is 11.9. The Hall–Kier alpha value is -0.910. The van der Waals surface area contributed by atoms with Crippen molar-refractivity contribution < 1.29 is 19.0 Å². The molecule has 1 fully saturated rings. The van der Waals surface area contributed by atoms with E-state index in [1.807, 2.05) is 5.38 Å². The standard InChI is InChI=1S/C13H18O4S/c1-15-10-5-11(16-2)7-12(6-10)17-13(14)9-3-4-18-8-9/h3-4,8,10-12H,5-7H2,1-2H3/t10-,11-/m0/s1. The van der Waals surface area contributed by atoms with Crippen LogP contribution in [0, 0.1) is 0 Å². The summed E-state index contributed by atoms with van der Waals surface area (Å²) in [6.07, 6.45) is 2.42. The quantitative estimate of drug-likeness (QED) is 0.788. The number of esters is 1. The molecule has 0 unspecified atom stereocenters. The molecule has 0 spiro atoms. The van der Waals surface area contributed by atoms with Crippen LogP contribution in [0.2, 0.25) is 0 Å². The van der Waals surface area contributed by atoms with E-state index in [4.69, 9.17) is 14.2 Å². The van der Waals surface area contributed by atoms with Crippen LogP contribution < -0.4 is 0 Å². The lowest BCUT2D eigenvalue weighted by molar-refractivity contribution is -0.0655. The smallest absolute Gasteiger partial charge is 0.339 e. The third-order valence-electron chi connectivity index (χ3n) is 3.27. The number of ether oxygens (including phenoxy) is 3. The van der Waals surface area contributed by atoms with Gasteiger partial charge in [-0.2, -0.15) is 11.3 Å². The highest BCUT2D eigenvalue weighted by Gasteiger charge is 2.31. The maximum Gasteiger partial charge on any atom is 0.339 e. The third kappa shape index (κ3) is 3.31. The molecule has 0 aromatic carbocycles. The fraction of sp³-hybridized carbons (Fsp3) is 0.615. The lowest BCUT2D eigenvalue weighted by Gasteiger charge is -2.32. The van der Waals surface area contributed by atoms with Crippen LogP contribution in [0.1, 0.15) is 29.6 Å². The van der Waals surface area contributed by atoms with Gasteiger partial charge in [0.2, 0.25) is 0 Å². The van der Waals surface area contributed by atoms with Crippen molar-refractivity contribution in [2.24, 2.45) is 0 Å². The van der Waals surface area contributed by atoms with E-state index in [1.54, 1.807) is 25.7 Å². The second-order valence-electron chi connectivity index (χ2n) is 4.46. The summed E-state index contributed by atoms with van der Waals surface area (Å²) in [4.78, 5) is 11.9. The molecule has 0 saturated heterocycles. The lowest BCUT2D eigenvalue weighted by Crippen LogP contribution is -2.37. The molecular formula is C13H18O4S. The van der Waals surface area contributed by atoms with Crippen LogP contribution in [0.25, 0.3) is 0 Å². The number of carbonyl (C=O) groups excluding carboxylic acids is 1. The first-order valence-corrected chi connectivity index (χ1v) is 6.96. The zero-order valence-corrected chi connectivity index (χ0v) is 11.4. The van der Waals surface area contributed by atoms with E-state index >= 15 is 0 Å². The molecule has 1 aliphatic rings. The average Bonchev–Trinajstić information content (AvgIpc) is 2.92. The van der Waals surface area contributed by atoms with Crippen LogP contribution in [0.15, 0.2) is 16.8 Å². The Morgan fingerprint density at radius 3 is 2.28 bits per heavy atom. The van der Waals surface area contributed by atoms with Gasteiger partial charge in [-0.1, -0.05) is 0 Å². The zero-order valence-electron chi connectivity index (χ0n) is 10.6. The van der Waals surface area contributed by atoms with Crippen LogP contribution >= 0.6 is 11.3 Å². The van der Waals surface area contributed by atoms with Gasteiger partial charge in [0.05, 0.1) is 17.8 Å². The van der Waals surface area contributed by atoms with E-state index in [1.165, 1.54) is 11.3 Å². The van der Waals surface area contributed by atoms with Gasteiger partial charge in [-0.25, -0.2) is 4.79 Å². The summed E-state index contributed by atoms with van der Waals surface area (Å²) in [6, 6.07) is 1.78. The third-order valence-corrected chi connectivity index (χ3v) is 3.96. The molecule has 4 nitrogen and oxygen atoms in total. The Bertz CT molecular complexity index is 364. The van der Waals surface area contributed by atoms with Gasteiger partial charge in [-0.15, -0.1) is 0 Å². The molecule has 0 amide bonds. The molecule has 1 aliphatic carbocycles. The van der Waals surface area contributed by atoms with Crippen LogP contribution in [0.3, 0.4) is 0 Å².